The van der Waals surface area contributed by atoms with Crippen LogP contribution in [0, 0.1) is 0 Å². The summed E-state index contributed by atoms with van der Waals surface area (Å²) < 4.78 is 49.5. The molecule has 1 unspecified atom stereocenters. The molecule has 1 heterocycles. The Bertz CT molecular complexity index is 897. The van der Waals surface area contributed by atoms with Crippen LogP contribution in [0.2, 0.25) is 0 Å². The average Bonchev–Trinajstić information content (AvgIpc) is 2.70. The first kappa shape index (κ1) is 27.1. The number of rotatable bonds is 8. The maximum absolute atomic E-state index is 12.7. The highest BCUT2D eigenvalue weighted by molar-refractivity contribution is 14.0. The average molecular weight is 573 g/mol. The summed E-state index contributed by atoms with van der Waals surface area (Å²) in [4.78, 5) is 4.47. The molecule has 8 nitrogen and oxygen atoms in total. The van der Waals surface area contributed by atoms with Gasteiger partial charge < -0.3 is 10.6 Å². The molecule has 1 aromatic carbocycles. The van der Waals surface area contributed by atoms with Crippen LogP contribution in [0.1, 0.15) is 38.2 Å². The summed E-state index contributed by atoms with van der Waals surface area (Å²) in [7, 11) is -4.77. The predicted molar refractivity (Wildman–Crippen MR) is 132 cm³/mol. The van der Waals surface area contributed by atoms with E-state index in [2.05, 4.69) is 15.6 Å². The molecule has 0 radical (unpaired) electrons. The van der Waals surface area contributed by atoms with Gasteiger partial charge in [-0.25, -0.2) is 16.8 Å². The molecule has 0 aliphatic carbocycles. The Morgan fingerprint density at radius 1 is 1.10 bits per heavy atom. The first-order valence-corrected chi connectivity index (χ1v) is 13.4. The van der Waals surface area contributed by atoms with E-state index >= 15 is 0 Å². The number of sulfone groups is 1. The molecular formula is C19H33IN4O4S2. The molecule has 0 saturated carbocycles. The molecule has 1 aliphatic rings. The molecule has 0 spiro atoms. The molecule has 172 valence electrons. The minimum Gasteiger partial charge on any atom is -0.354 e. The van der Waals surface area contributed by atoms with Gasteiger partial charge in [0.1, 0.15) is 9.84 Å². The summed E-state index contributed by atoms with van der Waals surface area (Å²) in [5.41, 5.74) is 0.925. The lowest BCUT2D eigenvalue weighted by Gasteiger charge is -2.25. The molecule has 0 aromatic heterocycles. The number of sulfonamides is 1. The van der Waals surface area contributed by atoms with Gasteiger partial charge in [-0.3, -0.25) is 4.99 Å². The molecule has 30 heavy (non-hydrogen) atoms. The number of halogens is 1. The van der Waals surface area contributed by atoms with Crippen molar-refractivity contribution in [3.8, 4) is 0 Å². The van der Waals surface area contributed by atoms with Gasteiger partial charge in [-0.15, -0.1) is 24.0 Å². The Hall–Kier alpha value is -0.920. The van der Waals surface area contributed by atoms with Gasteiger partial charge in [0.2, 0.25) is 10.0 Å². The van der Waals surface area contributed by atoms with E-state index in [1.807, 2.05) is 6.92 Å². The van der Waals surface area contributed by atoms with Gasteiger partial charge in [-0.2, -0.15) is 4.31 Å². The van der Waals surface area contributed by atoms with Crippen LogP contribution < -0.4 is 10.6 Å². The normalized spacial score (nSPS) is 17.1. The number of nitrogens with zero attached hydrogens (tertiary/aromatic N) is 2. The Morgan fingerprint density at radius 2 is 1.70 bits per heavy atom. The second-order valence-corrected chi connectivity index (χ2v) is 11.7. The molecule has 1 atom stereocenters. The molecule has 11 heteroatoms. The van der Waals surface area contributed by atoms with Crippen LogP contribution in [0.25, 0.3) is 0 Å². The third kappa shape index (κ3) is 8.67. The van der Waals surface area contributed by atoms with E-state index in [0.717, 1.165) is 24.8 Å². The monoisotopic (exact) mass is 572 g/mol. The topological polar surface area (TPSA) is 108 Å². The number of guanidine groups is 1. The minimum atomic E-state index is -3.42. The van der Waals surface area contributed by atoms with Crippen LogP contribution in [-0.4, -0.2) is 65.3 Å². The molecule has 0 amide bonds. The first-order valence-electron chi connectivity index (χ1n) is 9.86. The number of benzene rings is 1. The zero-order valence-corrected chi connectivity index (χ0v) is 21.8. The maximum atomic E-state index is 12.7. The van der Waals surface area contributed by atoms with Crippen molar-refractivity contribution in [1.82, 2.24) is 14.9 Å². The van der Waals surface area contributed by atoms with Gasteiger partial charge in [0.25, 0.3) is 0 Å². The van der Waals surface area contributed by atoms with Gasteiger partial charge in [-0.1, -0.05) is 18.6 Å². The summed E-state index contributed by atoms with van der Waals surface area (Å²) in [5.74, 6) is 0.682. The molecule has 0 bridgehead atoms. The number of piperidine rings is 1. The Morgan fingerprint density at radius 3 is 2.23 bits per heavy atom. The Balaban J connectivity index is 0.00000450. The van der Waals surface area contributed by atoms with Gasteiger partial charge in [0.15, 0.2) is 5.96 Å². The summed E-state index contributed by atoms with van der Waals surface area (Å²) in [6.45, 7) is 3.55. The van der Waals surface area contributed by atoms with Gasteiger partial charge >= 0.3 is 0 Å². The largest absolute Gasteiger partial charge is 0.354 e. The van der Waals surface area contributed by atoms with Gasteiger partial charge in [-0.05, 0) is 43.9 Å². The lowest BCUT2D eigenvalue weighted by atomic mass is 10.2. The quantitative estimate of drug-likeness (QED) is 0.280. The van der Waals surface area contributed by atoms with Crippen LogP contribution in [0.4, 0.5) is 0 Å². The smallest absolute Gasteiger partial charge is 0.243 e. The van der Waals surface area contributed by atoms with Crippen LogP contribution in [0.15, 0.2) is 34.2 Å². The van der Waals surface area contributed by atoms with Gasteiger partial charge in [0, 0.05) is 39.0 Å². The van der Waals surface area contributed by atoms with E-state index in [4.69, 9.17) is 0 Å². The van der Waals surface area contributed by atoms with E-state index in [0.29, 0.717) is 36.9 Å². The Kier molecular flexibility index (Phi) is 11.0. The summed E-state index contributed by atoms with van der Waals surface area (Å²) in [6, 6.07) is 6.83. The number of aliphatic imine (C=N–C) groups is 1. The fraction of sp³-hybridized carbons (Fsp3) is 0.632. The number of nitrogens with one attached hydrogen (secondary N) is 2. The zero-order chi connectivity index (χ0) is 21.5. The molecular weight excluding hydrogens is 539 g/mol. The van der Waals surface area contributed by atoms with Crippen LogP contribution in [0.5, 0.6) is 0 Å². The van der Waals surface area contributed by atoms with Crippen molar-refractivity contribution in [3.63, 3.8) is 0 Å². The van der Waals surface area contributed by atoms with E-state index in [-0.39, 0.29) is 35.8 Å². The maximum Gasteiger partial charge on any atom is 0.243 e. The fourth-order valence-electron chi connectivity index (χ4n) is 3.11. The van der Waals surface area contributed by atoms with Crippen molar-refractivity contribution in [3.05, 3.63) is 29.8 Å². The van der Waals surface area contributed by atoms with Crippen LogP contribution in [-0.2, 0) is 26.4 Å². The summed E-state index contributed by atoms with van der Waals surface area (Å²) in [5, 5.41) is 6.32. The molecule has 1 aromatic rings. The number of hydrogen-bond acceptors (Lipinski definition) is 5. The molecule has 2 N–H and O–H groups in total. The highest BCUT2D eigenvalue weighted by Crippen LogP contribution is 2.20. The summed E-state index contributed by atoms with van der Waals surface area (Å²) in [6.07, 6.45) is 4.62. The second kappa shape index (κ2) is 12.2. The highest BCUT2D eigenvalue weighted by atomic mass is 127. The van der Waals surface area contributed by atoms with Crippen LogP contribution in [0.3, 0.4) is 0 Å². The van der Waals surface area contributed by atoms with Crippen molar-refractivity contribution >= 4 is 49.8 Å². The van der Waals surface area contributed by atoms with E-state index in [1.54, 1.807) is 35.6 Å². The van der Waals surface area contributed by atoms with Crippen molar-refractivity contribution in [2.45, 2.75) is 50.1 Å². The third-order valence-corrected chi connectivity index (χ3v) is 7.75. The molecule has 2 rings (SSSR count). The van der Waals surface area contributed by atoms with Crippen molar-refractivity contribution < 1.29 is 16.8 Å². The van der Waals surface area contributed by atoms with E-state index in [1.165, 1.54) is 6.26 Å². The van der Waals surface area contributed by atoms with Crippen LogP contribution >= 0.6 is 24.0 Å². The molecule has 1 saturated heterocycles. The highest BCUT2D eigenvalue weighted by Gasteiger charge is 2.25. The number of hydrogen-bond donors (Lipinski definition) is 2. The lowest BCUT2D eigenvalue weighted by Crippen LogP contribution is -2.42. The predicted octanol–water partition coefficient (Wildman–Crippen LogP) is 1.97. The fourth-order valence-corrected chi connectivity index (χ4v) is 5.41. The molecule has 1 fully saturated rings. The Labute approximate surface area is 197 Å². The van der Waals surface area contributed by atoms with E-state index in [9.17, 15) is 16.8 Å². The third-order valence-electron chi connectivity index (χ3n) is 4.86. The van der Waals surface area contributed by atoms with Crippen molar-refractivity contribution in [2.75, 3.05) is 32.1 Å². The molecule has 1 aliphatic heterocycles. The summed E-state index contributed by atoms with van der Waals surface area (Å²) >= 11 is 0. The second-order valence-electron chi connectivity index (χ2n) is 7.50. The standard InChI is InChI=1S/C19H32N4O4S2.HI/c1-16(11-14-28(3,24)25)22-19(20-2)21-15-17-7-9-18(10-8-17)29(26,27)23-12-5-4-6-13-23;/h7-10,16H,4-6,11-15H2,1-3H3,(H2,20,21,22);1H. The minimum absolute atomic E-state index is 0. The first-order chi connectivity index (χ1) is 13.6. The zero-order valence-electron chi connectivity index (χ0n) is 17.8. The van der Waals surface area contributed by atoms with E-state index < -0.39 is 19.9 Å². The lowest BCUT2D eigenvalue weighted by molar-refractivity contribution is 0.346. The SMILES string of the molecule is CN=C(NCc1ccc(S(=O)(=O)N2CCCCC2)cc1)NC(C)CCS(C)(=O)=O.I. The van der Waals surface area contributed by atoms with Gasteiger partial charge in [0.05, 0.1) is 10.6 Å². The van der Waals surface area contributed by atoms with Crippen molar-refractivity contribution in [2.24, 2.45) is 4.99 Å². The van der Waals surface area contributed by atoms with Crippen molar-refractivity contribution in [1.29, 1.82) is 0 Å².